The maximum atomic E-state index is 13.2. The highest BCUT2D eigenvalue weighted by Crippen LogP contribution is 2.24. The van der Waals surface area contributed by atoms with Crippen LogP contribution in [0, 0.1) is 0 Å². The minimum absolute atomic E-state index is 0.196. The number of carbonyl (C=O) groups excluding carboxylic acids is 1. The molecule has 0 unspecified atom stereocenters. The molecule has 0 N–H and O–H groups in total. The summed E-state index contributed by atoms with van der Waals surface area (Å²) in [4.78, 5) is 18.9. The van der Waals surface area contributed by atoms with Crippen LogP contribution in [0.2, 0.25) is 0 Å². The Bertz CT molecular complexity index is 834. The zero-order valence-corrected chi connectivity index (χ0v) is 16.2. The molecule has 4 heteroatoms. The van der Waals surface area contributed by atoms with Crippen molar-refractivity contribution in [2.75, 3.05) is 13.1 Å². The van der Waals surface area contributed by atoms with Gasteiger partial charge in [-0.3, -0.25) is 9.69 Å². The van der Waals surface area contributed by atoms with Crippen LogP contribution < -0.4 is 0 Å². The highest BCUT2D eigenvalue weighted by atomic mass is 32.1. The number of nitrogens with zero attached hydrogens (tertiary/aromatic N) is 2. The van der Waals surface area contributed by atoms with Gasteiger partial charge in [-0.2, -0.15) is 0 Å². The van der Waals surface area contributed by atoms with Crippen LogP contribution in [-0.4, -0.2) is 28.8 Å². The van der Waals surface area contributed by atoms with E-state index >= 15 is 0 Å². The van der Waals surface area contributed by atoms with E-state index in [9.17, 15) is 4.79 Å². The zero-order chi connectivity index (χ0) is 18.5. The lowest BCUT2D eigenvalue weighted by molar-refractivity contribution is -0.133. The lowest BCUT2D eigenvalue weighted by Crippen LogP contribution is -2.41. The van der Waals surface area contributed by atoms with Crippen molar-refractivity contribution in [2.24, 2.45) is 0 Å². The quantitative estimate of drug-likeness (QED) is 0.639. The van der Waals surface area contributed by atoms with Crippen LogP contribution in [0.1, 0.15) is 21.6 Å². The second kappa shape index (κ2) is 8.51. The van der Waals surface area contributed by atoms with Crippen molar-refractivity contribution in [3.8, 4) is 0 Å². The largest absolute Gasteiger partial charge is 0.333 e. The van der Waals surface area contributed by atoms with Crippen LogP contribution in [0.5, 0.6) is 0 Å². The molecular weight excluding hydrogens is 352 g/mol. The molecule has 0 spiro atoms. The van der Waals surface area contributed by atoms with Crippen LogP contribution in [0.15, 0.2) is 72.1 Å². The molecule has 1 aliphatic rings. The third-order valence-corrected chi connectivity index (χ3v) is 6.05. The number of thiophene rings is 1. The number of hydrogen-bond donors (Lipinski definition) is 0. The van der Waals surface area contributed by atoms with Crippen molar-refractivity contribution in [1.29, 1.82) is 0 Å². The van der Waals surface area contributed by atoms with Crippen molar-refractivity contribution in [3.05, 3.63) is 93.7 Å². The van der Waals surface area contributed by atoms with Crippen molar-refractivity contribution in [2.45, 2.75) is 26.1 Å². The van der Waals surface area contributed by atoms with E-state index in [1.807, 2.05) is 52.6 Å². The van der Waals surface area contributed by atoms with Gasteiger partial charge in [-0.25, -0.2) is 0 Å². The number of benzene rings is 2. The molecule has 2 heterocycles. The number of hydrogen-bond acceptors (Lipinski definition) is 3. The molecule has 3 aromatic rings. The second-order valence-corrected chi connectivity index (χ2v) is 8.05. The Hall–Kier alpha value is -2.43. The summed E-state index contributed by atoms with van der Waals surface area (Å²) in [6.45, 7) is 3.62. The van der Waals surface area contributed by atoms with Crippen molar-refractivity contribution in [3.63, 3.8) is 0 Å². The lowest BCUT2D eigenvalue weighted by atomic mass is 10.1. The fourth-order valence-electron chi connectivity index (χ4n) is 3.57. The first-order valence-electron chi connectivity index (χ1n) is 9.41. The Balaban J connectivity index is 1.46. The minimum Gasteiger partial charge on any atom is -0.333 e. The molecule has 0 fully saturated rings. The molecule has 0 bridgehead atoms. The van der Waals surface area contributed by atoms with E-state index in [0.717, 1.165) is 19.5 Å². The van der Waals surface area contributed by atoms with Gasteiger partial charge in [0.25, 0.3) is 0 Å². The van der Waals surface area contributed by atoms with Crippen LogP contribution in [-0.2, 0) is 30.8 Å². The van der Waals surface area contributed by atoms with Crippen molar-refractivity contribution in [1.82, 2.24) is 9.80 Å². The fraction of sp³-hybridized carbons (Fsp3) is 0.261. The Morgan fingerprint density at radius 2 is 1.56 bits per heavy atom. The highest BCUT2D eigenvalue weighted by molar-refractivity contribution is 7.10. The number of fused-ring (bicyclic) bond motifs is 1. The molecule has 1 amide bonds. The summed E-state index contributed by atoms with van der Waals surface area (Å²) >= 11 is 1.83. The number of carbonyl (C=O) groups is 1. The first-order chi connectivity index (χ1) is 13.3. The molecule has 138 valence electrons. The Labute approximate surface area is 164 Å². The van der Waals surface area contributed by atoms with Gasteiger partial charge >= 0.3 is 0 Å². The molecule has 0 aliphatic carbocycles. The van der Waals surface area contributed by atoms with Gasteiger partial charge in [-0.1, -0.05) is 60.7 Å². The summed E-state index contributed by atoms with van der Waals surface area (Å²) in [5.41, 5.74) is 3.72. The normalized spacial score (nSPS) is 13.9. The average Bonchev–Trinajstić information content (AvgIpc) is 3.17. The predicted molar refractivity (Wildman–Crippen MR) is 110 cm³/mol. The first kappa shape index (κ1) is 18.0. The van der Waals surface area contributed by atoms with Gasteiger partial charge in [0, 0.05) is 31.1 Å². The van der Waals surface area contributed by atoms with E-state index in [1.165, 1.54) is 21.6 Å². The Morgan fingerprint density at radius 3 is 2.19 bits per heavy atom. The summed E-state index contributed by atoms with van der Waals surface area (Å²) < 4.78 is 0. The van der Waals surface area contributed by atoms with E-state index in [0.29, 0.717) is 19.6 Å². The second-order valence-electron chi connectivity index (χ2n) is 7.05. The summed E-state index contributed by atoms with van der Waals surface area (Å²) in [6.07, 6.45) is 1.05. The van der Waals surface area contributed by atoms with Crippen LogP contribution in [0.25, 0.3) is 0 Å². The summed E-state index contributed by atoms with van der Waals surface area (Å²) in [6, 6.07) is 22.7. The summed E-state index contributed by atoms with van der Waals surface area (Å²) in [7, 11) is 0. The van der Waals surface area contributed by atoms with E-state index < -0.39 is 0 Å². The Kier molecular flexibility index (Phi) is 5.66. The van der Waals surface area contributed by atoms with Gasteiger partial charge in [-0.15, -0.1) is 11.3 Å². The molecule has 0 saturated heterocycles. The third-order valence-electron chi connectivity index (χ3n) is 5.03. The van der Waals surface area contributed by atoms with Crippen LogP contribution >= 0.6 is 11.3 Å². The monoisotopic (exact) mass is 376 g/mol. The molecule has 0 radical (unpaired) electrons. The number of rotatable bonds is 6. The van der Waals surface area contributed by atoms with Gasteiger partial charge in [-0.05, 0) is 34.6 Å². The smallest absolute Gasteiger partial charge is 0.237 e. The van der Waals surface area contributed by atoms with E-state index in [4.69, 9.17) is 0 Å². The Morgan fingerprint density at radius 1 is 0.926 bits per heavy atom. The van der Waals surface area contributed by atoms with Crippen LogP contribution in [0.4, 0.5) is 0 Å². The molecule has 4 rings (SSSR count). The van der Waals surface area contributed by atoms with Gasteiger partial charge in [0.1, 0.15) is 0 Å². The molecule has 3 nitrogen and oxygen atoms in total. The molecule has 2 aromatic carbocycles. The average molecular weight is 377 g/mol. The molecular formula is C23H24N2OS. The van der Waals surface area contributed by atoms with Crippen LogP contribution in [0.3, 0.4) is 0 Å². The van der Waals surface area contributed by atoms with Crippen molar-refractivity contribution >= 4 is 17.2 Å². The topological polar surface area (TPSA) is 23.6 Å². The predicted octanol–water partition coefficient (Wildman–Crippen LogP) is 4.34. The molecule has 27 heavy (non-hydrogen) atoms. The highest BCUT2D eigenvalue weighted by Gasteiger charge is 2.22. The SMILES string of the molecule is O=C(CN1CCc2sccc2C1)N(Cc1ccccc1)Cc1ccccc1. The third kappa shape index (κ3) is 4.65. The maximum absolute atomic E-state index is 13.2. The van der Waals surface area contributed by atoms with Gasteiger partial charge in [0.15, 0.2) is 0 Å². The van der Waals surface area contributed by atoms with E-state index in [1.54, 1.807) is 0 Å². The fourth-order valence-corrected chi connectivity index (χ4v) is 4.46. The van der Waals surface area contributed by atoms with Crippen molar-refractivity contribution < 1.29 is 4.79 Å². The minimum atomic E-state index is 0.196. The first-order valence-corrected chi connectivity index (χ1v) is 10.3. The maximum Gasteiger partial charge on any atom is 0.237 e. The summed E-state index contributed by atoms with van der Waals surface area (Å²) in [5, 5.41) is 2.16. The molecule has 0 saturated carbocycles. The van der Waals surface area contributed by atoms with E-state index in [2.05, 4.69) is 40.6 Å². The zero-order valence-electron chi connectivity index (χ0n) is 15.4. The molecule has 1 aromatic heterocycles. The lowest BCUT2D eigenvalue weighted by Gasteiger charge is -2.30. The van der Waals surface area contributed by atoms with Gasteiger partial charge in [0.2, 0.25) is 5.91 Å². The number of amides is 1. The van der Waals surface area contributed by atoms with Gasteiger partial charge < -0.3 is 4.90 Å². The van der Waals surface area contributed by atoms with Gasteiger partial charge in [0.05, 0.1) is 6.54 Å². The van der Waals surface area contributed by atoms with E-state index in [-0.39, 0.29) is 5.91 Å². The molecule has 0 atom stereocenters. The molecule has 1 aliphatic heterocycles. The summed E-state index contributed by atoms with van der Waals surface area (Å²) in [5.74, 6) is 0.196. The standard InChI is InChI=1S/C23H24N2OS/c26-23(18-24-13-11-22-21(17-24)12-14-27-22)25(15-19-7-3-1-4-8-19)16-20-9-5-2-6-10-20/h1-10,12,14H,11,13,15-18H2.